The number of guanidine groups is 1. The summed E-state index contributed by atoms with van der Waals surface area (Å²) in [5.41, 5.74) is 2.86. The second kappa shape index (κ2) is 11.0. The molecule has 2 aromatic rings. The molecule has 0 radical (unpaired) electrons. The van der Waals surface area contributed by atoms with Crippen LogP contribution in [-0.4, -0.2) is 25.6 Å². The standard InChI is InChI=1S/C17H21N3O2S.HI/c1-3-22-16(21)15-6-4-13(5-7-15)10-19-17(18-2)20-11-14-8-9-23-12-14;/h4-9,12H,3,10-11H2,1-2H3,(H2,18,19,20);1H. The molecule has 0 saturated heterocycles. The topological polar surface area (TPSA) is 62.7 Å². The van der Waals surface area contributed by atoms with E-state index in [0.717, 1.165) is 18.1 Å². The quantitative estimate of drug-likeness (QED) is 0.301. The molecule has 0 saturated carbocycles. The highest BCUT2D eigenvalue weighted by molar-refractivity contribution is 14.0. The van der Waals surface area contributed by atoms with Crippen LogP contribution in [0.1, 0.15) is 28.4 Å². The van der Waals surface area contributed by atoms with E-state index in [1.807, 2.05) is 12.1 Å². The summed E-state index contributed by atoms with van der Waals surface area (Å²) in [4.78, 5) is 15.8. The number of hydrogen-bond donors (Lipinski definition) is 2. The van der Waals surface area contributed by atoms with E-state index in [9.17, 15) is 4.79 Å². The maximum Gasteiger partial charge on any atom is 0.338 e. The molecule has 0 unspecified atom stereocenters. The Morgan fingerprint density at radius 2 is 1.79 bits per heavy atom. The van der Waals surface area contributed by atoms with Crippen molar-refractivity contribution in [3.8, 4) is 0 Å². The lowest BCUT2D eigenvalue weighted by atomic mass is 10.1. The van der Waals surface area contributed by atoms with E-state index < -0.39 is 0 Å². The van der Waals surface area contributed by atoms with Crippen LogP contribution in [0, 0.1) is 0 Å². The number of carbonyl (C=O) groups excluding carboxylic acids is 1. The minimum atomic E-state index is -0.291. The molecule has 0 bridgehead atoms. The van der Waals surface area contributed by atoms with Crippen molar-refractivity contribution >= 4 is 47.2 Å². The van der Waals surface area contributed by atoms with Crippen LogP contribution < -0.4 is 10.6 Å². The molecule has 2 N–H and O–H groups in total. The molecule has 7 heteroatoms. The third-order valence-electron chi connectivity index (χ3n) is 3.19. The average Bonchev–Trinajstić information content (AvgIpc) is 3.09. The Hall–Kier alpha value is -1.61. The van der Waals surface area contributed by atoms with Gasteiger partial charge in [0.15, 0.2) is 5.96 Å². The third kappa shape index (κ3) is 6.48. The van der Waals surface area contributed by atoms with Gasteiger partial charge in [-0.1, -0.05) is 12.1 Å². The van der Waals surface area contributed by atoms with Gasteiger partial charge in [0.25, 0.3) is 0 Å². The molecular weight excluding hydrogens is 437 g/mol. The lowest BCUT2D eigenvalue weighted by molar-refractivity contribution is 0.0526. The molecule has 0 amide bonds. The zero-order valence-electron chi connectivity index (χ0n) is 13.7. The molecule has 0 atom stereocenters. The second-order valence-electron chi connectivity index (χ2n) is 4.83. The maximum atomic E-state index is 11.6. The highest BCUT2D eigenvalue weighted by Gasteiger charge is 2.06. The first-order chi connectivity index (χ1) is 11.2. The molecule has 0 aliphatic rings. The summed E-state index contributed by atoms with van der Waals surface area (Å²) in [7, 11) is 1.74. The average molecular weight is 459 g/mol. The van der Waals surface area contributed by atoms with Crippen LogP contribution in [-0.2, 0) is 17.8 Å². The van der Waals surface area contributed by atoms with Crippen LogP contribution in [0.3, 0.4) is 0 Å². The van der Waals surface area contributed by atoms with E-state index >= 15 is 0 Å². The third-order valence-corrected chi connectivity index (χ3v) is 3.92. The predicted molar refractivity (Wildman–Crippen MR) is 109 cm³/mol. The smallest absolute Gasteiger partial charge is 0.338 e. The van der Waals surface area contributed by atoms with E-state index in [2.05, 4.69) is 32.5 Å². The normalized spacial score (nSPS) is 10.7. The highest BCUT2D eigenvalue weighted by atomic mass is 127. The first kappa shape index (κ1) is 20.4. The number of rotatable bonds is 6. The van der Waals surface area contributed by atoms with Gasteiger partial charge in [-0.15, -0.1) is 24.0 Å². The summed E-state index contributed by atoms with van der Waals surface area (Å²) < 4.78 is 4.97. The van der Waals surface area contributed by atoms with E-state index in [0.29, 0.717) is 18.7 Å². The van der Waals surface area contributed by atoms with Crippen molar-refractivity contribution in [2.24, 2.45) is 4.99 Å². The van der Waals surface area contributed by atoms with Crippen molar-refractivity contribution in [3.63, 3.8) is 0 Å². The molecule has 0 fully saturated rings. The van der Waals surface area contributed by atoms with Gasteiger partial charge in [0.05, 0.1) is 12.2 Å². The van der Waals surface area contributed by atoms with Gasteiger partial charge in [-0.3, -0.25) is 4.99 Å². The Morgan fingerprint density at radius 1 is 1.12 bits per heavy atom. The van der Waals surface area contributed by atoms with Crippen LogP contribution in [0.2, 0.25) is 0 Å². The number of ether oxygens (including phenoxy) is 1. The number of nitrogens with one attached hydrogen (secondary N) is 2. The zero-order chi connectivity index (χ0) is 16.5. The van der Waals surface area contributed by atoms with Gasteiger partial charge in [-0.05, 0) is 47.0 Å². The molecular formula is C17H22IN3O2S. The second-order valence-corrected chi connectivity index (χ2v) is 5.61. The predicted octanol–water partition coefficient (Wildman–Crippen LogP) is 3.41. The number of carbonyl (C=O) groups is 1. The van der Waals surface area contributed by atoms with Gasteiger partial charge in [-0.2, -0.15) is 11.3 Å². The van der Waals surface area contributed by atoms with Gasteiger partial charge >= 0.3 is 5.97 Å². The van der Waals surface area contributed by atoms with E-state index in [1.165, 1.54) is 5.56 Å². The summed E-state index contributed by atoms with van der Waals surface area (Å²) in [6.45, 7) is 3.55. The first-order valence-electron chi connectivity index (χ1n) is 7.44. The Balaban J connectivity index is 0.00000288. The van der Waals surface area contributed by atoms with Crippen LogP contribution >= 0.6 is 35.3 Å². The lowest BCUT2D eigenvalue weighted by Crippen LogP contribution is -2.36. The molecule has 24 heavy (non-hydrogen) atoms. The number of esters is 1. The Bertz CT molecular complexity index is 642. The Morgan fingerprint density at radius 3 is 2.33 bits per heavy atom. The molecule has 0 spiro atoms. The Kier molecular flexibility index (Phi) is 9.39. The highest BCUT2D eigenvalue weighted by Crippen LogP contribution is 2.07. The van der Waals surface area contributed by atoms with Crippen LogP contribution in [0.25, 0.3) is 0 Å². The van der Waals surface area contributed by atoms with Crippen LogP contribution in [0.15, 0.2) is 46.1 Å². The zero-order valence-corrected chi connectivity index (χ0v) is 16.9. The Labute approximate surface area is 163 Å². The van der Waals surface area contributed by atoms with Crippen molar-refractivity contribution in [1.82, 2.24) is 10.6 Å². The van der Waals surface area contributed by atoms with Crippen LogP contribution in [0.5, 0.6) is 0 Å². The number of benzene rings is 1. The van der Waals surface area contributed by atoms with Crippen molar-refractivity contribution in [2.75, 3.05) is 13.7 Å². The van der Waals surface area contributed by atoms with Crippen molar-refractivity contribution in [3.05, 3.63) is 57.8 Å². The summed E-state index contributed by atoms with van der Waals surface area (Å²) in [5, 5.41) is 10.7. The number of thiophene rings is 1. The van der Waals surface area contributed by atoms with Gasteiger partial charge < -0.3 is 15.4 Å². The molecule has 0 aliphatic carbocycles. The SMILES string of the molecule is CCOC(=O)c1ccc(CNC(=NC)NCc2ccsc2)cc1.I. The van der Waals surface area contributed by atoms with Crippen molar-refractivity contribution in [1.29, 1.82) is 0 Å². The molecule has 130 valence electrons. The van der Waals surface area contributed by atoms with Gasteiger partial charge in [0, 0.05) is 20.1 Å². The van der Waals surface area contributed by atoms with E-state index in [1.54, 1.807) is 37.4 Å². The van der Waals surface area contributed by atoms with E-state index in [4.69, 9.17) is 4.74 Å². The molecule has 1 aromatic heterocycles. The summed E-state index contributed by atoms with van der Waals surface area (Å²) >= 11 is 1.68. The van der Waals surface area contributed by atoms with Crippen molar-refractivity contribution < 1.29 is 9.53 Å². The fourth-order valence-electron chi connectivity index (χ4n) is 1.96. The maximum absolute atomic E-state index is 11.6. The first-order valence-corrected chi connectivity index (χ1v) is 8.39. The minimum absolute atomic E-state index is 0. The molecule has 0 aliphatic heterocycles. The summed E-state index contributed by atoms with van der Waals surface area (Å²) in [5.74, 6) is 0.450. The lowest BCUT2D eigenvalue weighted by Gasteiger charge is -2.11. The van der Waals surface area contributed by atoms with Gasteiger partial charge in [-0.25, -0.2) is 4.79 Å². The number of hydrogen-bond acceptors (Lipinski definition) is 4. The number of halogens is 1. The van der Waals surface area contributed by atoms with Gasteiger partial charge in [0.2, 0.25) is 0 Å². The molecule has 2 rings (SSSR count). The molecule has 1 aromatic carbocycles. The van der Waals surface area contributed by atoms with Crippen molar-refractivity contribution in [2.45, 2.75) is 20.0 Å². The fraction of sp³-hybridized carbons (Fsp3) is 0.294. The largest absolute Gasteiger partial charge is 0.462 e. The molecule has 5 nitrogen and oxygen atoms in total. The summed E-state index contributed by atoms with van der Waals surface area (Å²) in [6, 6.07) is 9.45. The summed E-state index contributed by atoms with van der Waals surface area (Å²) in [6.07, 6.45) is 0. The van der Waals surface area contributed by atoms with Crippen LogP contribution in [0.4, 0.5) is 0 Å². The fourth-order valence-corrected chi connectivity index (χ4v) is 2.63. The molecule has 1 heterocycles. The number of aliphatic imine (C=N–C) groups is 1. The monoisotopic (exact) mass is 459 g/mol. The minimum Gasteiger partial charge on any atom is -0.462 e. The number of nitrogens with zero attached hydrogens (tertiary/aromatic N) is 1. The van der Waals surface area contributed by atoms with E-state index in [-0.39, 0.29) is 29.9 Å². The van der Waals surface area contributed by atoms with Gasteiger partial charge in [0.1, 0.15) is 0 Å².